The molecule has 18 heavy (non-hydrogen) atoms. The largest absolute Gasteiger partial charge is 0.480 e. The predicted molar refractivity (Wildman–Crippen MR) is 57.7 cm³/mol. The lowest BCUT2D eigenvalue weighted by molar-refractivity contribution is -0.385. The van der Waals surface area contributed by atoms with Gasteiger partial charge in [-0.15, -0.1) is 0 Å². The first-order valence-corrected chi connectivity index (χ1v) is 4.60. The highest BCUT2D eigenvalue weighted by Crippen LogP contribution is 2.19. The fourth-order valence-electron chi connectivity index (χ4n) is 1.08. The summed E-state index contributed by atoms with van der Waals surface area (Å²) in [6, 6.07) is 1.61. The van der Waals surface area contributed by atoms with Crippen LogP contribution in [0.15, 0.2) is 18.2 Å². The summed E-state index contributed by atoms with van der Waals surface area (Å²) in [4.78, 5) is 30.9. The number of rotatable bonds is 4. The fraction of sp³-hybridized carbons (Fsp3) is 0.111. The number of carbonyl (C=O) groups excluding carboxylic acids is 1. The molecule has 0 saturated heterocycles. The molecule has 0 radical (unpaired) electrons. The summed E-state index contributed by atoms with van der Waals surface area (Å²) in [5, 5.41) is 22.8. The van der Waals surface area contributed by atoms with E-state index >= 15 is 0 Å². The van der Waals surface area contributed by atoms with Crippen LogP contribution < -0.4 is 10.6 Å². The quantitative estimate of drug-likeness (QED) is 0.547. The number of urea groups is 1. The molecular weight excluding hydrogens is 249 g/mol. The second-order valence-corrected chi connectivity index (χ2v) is 3.16. The van der Waals surface area contributed by atoms with E-state index in [1.807, 2.05) is 5.32 Å². The molecule has 3 N–H and O–H groups in total. The first-order valence-electron chi connectivity index (χ1n) is 4.60. The summed E-state index contributed by atoms with van der Waals surface area (Å²) in [6.45, 7) is -0.622. The molecule has 8 nitrogen and oxygen atoms in total. The zero-order valence-corrected chi connectivity index (χ0v) is 8.84. The van der Waals surface area contributed by atoms with Gasteiger partial charge in [0.1, 0.15) is 12.4 Å². The number of non-ortho nitro benzene ring substituents is 1. The Morgan fingerprint density at radius 1 is 1.39 bits per heavy atom. The summed E-state index contributed by atoms with van der Waals surface area (Å²) in [6.07, 6.45) is 0. The topological polar surface area (TPSA) is 122 Å². The Balaban J connectivity index is 2.75. The third kappa shape index (κ3) is 4.04. The zero-order chi connectivity index (χ0) is 13.7. The lowest BCUT2D eigenvalue weighted by Gasteiger charge is -2.05. The minimum atomic E-state index is -1.25. The first kappa shape index (κ1) is 13.4. The van der Waals surface area contributed by atoms with Gasteiger partial charge in [0.25, 0.3) is 5.69 Å². The highest BCUT2D eigenvalue weighted by Gasteiger charge is 2.11. The van der Waals surface area contributed by atoms with E-state index in [2.05, 4.69) is 5.32 Å². The predicted octanol–water partition coefficient (Wildman–Crippen LogP) is 0.940. The number of carbonyl (C=O) groups is 2. The molecule has 0 unspecified atom stereocenters. The molecule has 0 aromatic heterocycles. The van der Waals surface area contributed by atoms with Gasteiger partial charge in [-0.3, -0.25) is 14.9 Å². The molecule has 0 saturated carbocycles. The number of nitrogens with one attached hydrogen (secondary N) is 2. The van der Waals surface area contributed by atoms with Crippen LogP contribution in [-0.2, 0) is 4.79 Å². The van der Waals surface area contributed by atoms with Gasteiger partial charge >= 0.3 is 12.0 Å². The summed E-state index contributed by atoms with van der Waals surface area (Å²) in [7, 11) is 0. The summed E-state index contributed by atoms with van der Waals surface area (Å²) in [5.41, 5.74) is -0.673. The van der Waals surface area contributed by atoms with Gasteiger partial charge in [-0.05, 0) is 6.07 Å². The Hall–Kier alpha value is -2.71. The molecule has 0 aliphatic carbocycles. The minimum absolute atomic E-state index is 0.149. The van der Waals surface area contributed by atoms with Gasteiger partial charge in [-0.1, -0.05) is 0 Å². The summed E-state index contributed by atoms with van der Waals surface area (Å²) >= 11 is 0. The lowest BCUT2D eigenvalue weighted by Crippen LogP contribution is -2.33. The van der Waals surface area contributed by atoms with E-state index < -0.39 is 35.0 Å². The van der Waals surface area contributed by atoms with Crippen molar-refractivity contribution >= 4 is 23.4 Å². The number of carboxylic acids is 1. The number of nitro groups is 1. The fourth-order valence-corrected chi connectivity index (χ4v) is 1.08. The van der Waals surface area contributed by atoms with Gasteiger partial charge in [-0.25, -0.2) is 9.18 Å². The molecule has 0 bridgehead atoms. The highest BCUT2D eigenvalue weighted by molar-refractivity contribution is 5.91. The van der Waals surface area contributed by atoms with Crippen molar-refractivity contribution < 1.29 is 24.0 Å². The molecular formula is C9H8FN3O5. The van der Waals surface area contributed by atoms with Crippen molar-refractivity contribution in [3.63, 3.8) is 0 Å². The number of hydrogen-bond donors (Lipinski definition) is 3. The zero-order valence-electron chi connectivity index (χ0n) is 8.84. The van der Waals surface area contributed by atoms with Gasteiger partial charge in [0.05, 0.1) is 16.7 Å². The van der Waals surface area contributed by atoms with Crippen molar-refractivity contribution in [2.45, 2.75) is 0 Å². The Morgan fingerprint density at radius 2 is 2.06 bits per heavy atom. The molecule has 1 rings (SSSR count). The van der Waals surface area contributed by atoms with Crippen LogP contribution in [0.4, 0.5) is 20.6 Å². The van der Waals surface area contributed by atoms with E-state index in [0.29, 0.717) is 6.07 Å². The van der Waals surface area contributed by atoms with Crippen molar-refractivity contribution in [3.8, 4) is 0 Å². The van der Waals surface area contributed by atoms with Crippen molar-refractivity contribution in [1.82, 2.24) is 5.32 Å². The Kier molecular flexibility index (Phi) is 4.13. The van der Waals surface area contributed by atoms with Crippen molar-refractivity contribution in [2.75, 3.05) is 11.9 Å². The number of nitrogens with zero attached hydrogens (tertiary/aromatic N) is 1. The number of aliphatic carboxylic acids is 1. The molecule has 0 aliphatic heterocycles. The average Bonchev–Trinajstić information content (AvgIpc) is 2.25. The van der Waals surface area contributed by atoms with Gasteiger partial charge in [0.2, 0.25) is 0 Å². The monoisotopic (exact) mass is 257 g/mol. The maximum Gasteiger partial charge on any atom is 0.323 e. The minimum Gasteiger partial charge on any atom is -0.480 e. The molecule has 0 heterocycles. The van der Waals surface area contributed by atoms with E-state index in [4.69, 9.17) is 5.11 Å². The van der Waals surface area contributed by atoms with Gasteiger partial charge < -0.3 is 15.7 Å². The molecule has 2 amide bonds. The van der Waals surface area contributed by atoms with Crippen LogP contribution >= 0.6 is 0 Å². The molecule has 1 aromatic rings. The van der Waals surface area contributed by atoms with Gasteiger partial charge in [0, 0.05) is 6.07 Å². The molecule has 0 aliphatic rings. The molecule has 0 spiro atoms. The molecule has 1 aromatic carbocycles. The van der Waals surface area contributed by atoms with Gasteiger partial charge in [-0.2, -0.15) is 0 Å². The van der Waals surface area contributed by atoms with Crippen molar-refractivity contribution in [3.05, 3.63) is 34.1 Å². The van der Waals surface area contributed by atoms with Crippen LogP contribution in [0.2, 0.25) is 0 Å². The first-order chi connectivity index (χ1) is 8.38. The third-order valence-corrected chi connectivity index (χ3v) is 1.75. The van der Waals surface area contributed by atoms with Crippen molar-refractivity contribution in [1.29, 1.82) is 0 Å². The van der Waals surface area contributed by atoms with E-state index in [-0.39, 0.29) is 5.69 Å². The normalized spacial score (nSPS) is 9.61. The Bertz CT molecular complexity index is 505. The summed E-state index contributed by atoms with van der Waals surface area (Å²) in [5.74, 6) is -2.15. The SMILES string of the molecule is O=C(O)CNC(=O)Nc1cc(F)cc([N+](=O)[O-])c1. The van der Waals surface area contributed by atoms with Crippen LogP contribution in [0.5, 0.6) is 0 Å². The smallest absolute Gasteiger partial charge is 0.323 e. The second-order valence-electron chi connectivity index (χ2n) is 3.16. The second kappa shape index (κ2) is 5.57. The van der Waals surface area contributed by atoms with Crippen molar-refractivity contribution in [2.24, 2.45) is 0 Å². The Labute approximate surface area is 99.6 Å². The van der Waals surface area contributed by atoms with E-state index in [9.17, 15) is 24.1 Å². The van der Waals surface area contributed by atoms with E-state index in [0.717, 1.165) is 12.1 Å². The molecule has 96 valence electrons. The average molecular weight is 257 g/mol. The van der Waals surface area contributed by atoms with Gasteiger partial charge in [0.15, 0.2) is 0 Å². The maximum atomic E-state index is 13.0. The number of amides is 2. The Morgan fingerprint density at radius 3 is 2.61 bits per heavy atom. The standard InChI is InChI=1S/C9H8FN3O5/c10-5-1-6(3-7(2-5)13(17)18)12-9(16)11-4-8(14)15/h1-3H,4H2,(H,14,15)(H2,11,12,16). The number of nitro benzene ring substituents is 1. The van der Waals surface area contributed by atoms with Crippen LogP contribution in [0.1, 0.15) is 0 Å². The van der Waals surface area contributed by atoms with E-state index in [1.54, 1.807) is 0 Å². The van der Waals surface area contributed by atoms with Crippen LogP contribution in [0.25, 0.3) is 0 Å². The molecule has 0 atom stereocenters. The maximum absolute atomic E-state index is 13.0. The number of benzene rings is 1. The molecule has 0 fully saturated rings. The van der Waals surface area contributed by atoms with Crippen LogP contribution in [0, 0.1) is 15.9 Å². The highest BCUT2D eigenvalue weighted by atomic mass is 19.1. The van der Waals surface area contributed by atoms with Crippen LogP contribution in [0.3, 0.4) is 0 Å². The van der Waals surface area contributed by atoms with E-state index in [1.165, 1.54) is 0 Å². The summed E-state index contributed by atoms with van der Waals surface area (Å²) < 4.78 is 13.0. The number of carboxylic acid groups (broad SMARTS) is 1. The molecule has 9 heteroatoms. The van der Waals surface area contributed by atoms with Crippen LogP contribution in [-0.4, -0.2) is 28.6 Å². The third-order valence-electron chi connectivity index (χ3n) is 1.75. The lowest BCUT2D eigenvalue weighted by atomic mass is 10.2. The number of anilines is 1. The number of halogens is 1. The number of hydrogen-bond acceptors (Lipinski definition) is 4.